The summed E-state index contributed by atoms with van der Waals surface area (Å²) in [7, 11) is 0. The molecule has 3 rings (SSSR count). The highest BCUT2D eigenvalue weighted by atomic mass is 32.1. The number of esters is 1. The number of hydrogen-bond acceptors (Lipinski definition) is 4. The van der Waals surface area contributed by atoms with E-state index >= 15 is 0 Å². The second-order valence-electron chi connectivity index (χ2n) is 5.81. The maximum absolute atomic E-state index is 13.1. The quantitative estimate of drug-likeness (QED) is 0.852. The van der Waals surface area contributed by atoms with Gasteiger partial charge in [-0.05, 0) is 56.4 Å². The van der Waals surface area contributed by atoms with Crippen LogP contribution in [0.15, 0.2) is 29.6 Å². The summed E-state index contributed by atoms with van der Waals surface area (Å²) in [6.07, 6.45) is 3.14. The summed E-state index contributed by atoms with van der Waals surface area (Å²) in [6, 6.07) is 5.57. The first-order valence-electron chi connectivity index (χ1n) is 7.91. The molecule has 1 aromatic carbocycles. The molecule has 0 spiro atoms. The third kappa shape index (κ3) is 3.64. The molecular weight excluding hydrogens is 329 g/mol. The standard InChI is InChI=1S/C18H18FNO3S/c1-11(17(21)20-13-6-4-5-12(19)9-13)23-18(22)15-10-24-16-8-3-2-7-14(15)16/h4-6,9-11H,2-3,7-8H2,1H3,(H,20,21)/t11-/m0/s1. The minimum absolute atomic E-state index is 0.329. The Hall–Kier alpha value is -2.21. The fourth-order valence-corrected chi connectivity index (χ4v) is 3.87. The van der Waals surface area contributed by atoms with E-state index in [1.54, 1.807) is 17.4 Å². The molecule has 0 fully saturated rings. The Kier molecular flexibility index (Phi) is 4.94. The van der Waals surface area contributed by atoms with Gasteiger partial charge in [-0.1, -0.05) is 6.07 Å². The predicted octanol–water partition coefficient (Wildman–Crippen LogP) is 3.95. The molecule has 2 aromatic rings. The van der Waals surface area contributed by atoms with Crippen molar-refractivity contribution in [1.82, 2.24) is 0 Å². The molecule has 1 N–H and O–H groups in total. The number of hydrogen-bond donors (Lipinski definition) is 1. The number of carbonyl (C=O) groups is 2. The molecule has 1 aliphatic carbocycles. The zero-order valence-electron chi connectivity index (χ0n) is 13.3. The number of aryl methyl sites for hydroxylation is 1. The molecule has 1 heterocycles. The van der Waals surface area contributed by atoms with Crippen LogP contribution in [-0.4, -0.2) is 18.0 Å². The Morgan fingerprint density at radius 2 is 2.08 bits per heavy atom. The van der Waals surface area contributed by atoms with Gasteiger partial charge in [0, 0.05) is 15.9 Å². The minimum Gasteiger partial charge on any atom is -0.449 e. The third-order valence-electron chi connectivity index (χ3n) is 4.03. The highest BCUT2D eigenvalue weighted by Gasteiger charge is 2.24. The Balaban J connectivity index is 1.63. The van der Waals surface area contributed by atoms with Crippen molar-refractivity contribution in [1.29, 1.82) is 0 Å². The summed E-state index contributed by atoms with van der Waals surface area (Å²) in [5.41, 5.74) is 1.96. The normalized spacial score (nSPS) is 14.6. The Morgan fingerprint density at radius 1 is 1.29 bits per heavy atom. The zero-order chi connectivity index (χ0) is 17.1. The number of benzene rings is 1. The van der Waals surface area contributed by atoms with E-state index in [1.807, 2.05) is 5.38 Å². The van der Waals surface area contributed by atoms with Crippen LogP contribution in [0.25, 0.3) is 0 Å². The number of fused-ring (bicyclic) bond motifs is 1. The minimum atomic E-state index is -0.958. The van der Waals surface area contributed by atoms with Crippen LogP contribution in [0.5, 0.6) is 0 Å². The summed E-state index contributed by atoms with van der Waals surface area (Å²) in [6.45, 7) is 1.51. The fraction of sp³-hybridized carbons (Fsp3) is 0.333. The van der Waals surface area contributed by atoms with Crippen LogP contribution >= 0.6 is 11.3 Å². The van der Waals surface area contributed by atoms with E-state index in [-0.39, 0.29) is 0 Å². The van der Waals surface area contributed by atoms with Gasteiger partial charge in [0.2, 0.25) is 0 Å². The van der Waals surface area contributed by atoms with E-state index < -0.39 is 23.8 Å². The molecule has 24 heavy (non-hydrogen) atoms. The van der Waals surface area contributed by atoms with E-state index in [2.05, 4.69) is 5.32 Å². The van der Waals surface area contributed by atoms with Gasteiger partial charge in [0.1, 0.15) is 5.82 Å². The lowest BCUT2D eigenvalue weighted by atomic mass is 9.96. The van der Waals surface area contributed by atoms with Crippen molar-refractivity contribution in [2.75, 3.05) is 5.32 Å². The van der Waals surface area contributed by atoms with Crippen molar-refractivity contribution in [3.63, 3.8) is 0 Å². The molecule has 0 saturated heterocycles. The van der Waals surface area contributed by atoms with Gasteiger partial charge >= 0.3 is 5.97 Å². The number of nitrogens with one attached hydrogen (secondary N) is 1. The van der Waals surface area contributed by atoms with Crippen molar-refractivity contribution >= 4 is 28.9 Å². The van der Waals surface area contributed by atoms with Crippen molar-refractivity contribution in [2.24, 2.45) is 0 Å². The maximum atomic E-state index is 13.1. The van der Waals surface area contributed by atoms with Crippen LogP contribution in [0.1, 0.15) is 40.6 Å². The second-order valence-corrected chi connectivity index (χ2v) is 6.77. The fourth-order valence-electron chi connectivity index (χ4n) is 2.75. The van der Waals surface area contributed by atoms with E-state index in [0.717, 1.165) is 31.2 Å². The van der Waals surface area contributed by atoms with Crippen LogP contribution in [0, 0.1) is 5.82 Å². The Labute approximate surface area is 143 Å². The van der Waals surface area contributed by atoms with Gasteiger partial charge in [-0.3, -0.25) is 4.79 Å². The van der Waals surface area contributed by atoms with E-state index in [0.29, 0.717) is 11.3 Å². The lowest BCUT2D eigenvalue weighted by Crippen LogP contribution is -2.30. The number of thiophene rings is 1. The highest BCUT2D eigenvalue weighted by molar-refractivity contribution is 7.10. The first kappa shape index (κ1) is 16.6. The number of rotatable bonds is 4. The molecule has 0 aliphatic heterocycles. The van der Waals surface area contributed by atoms with E-state index in [1.165, 1.54) is 30.0 Å². The Morgan fingerprint density at radius 3 is 2.88 bits per heavy atom. The SMILES string of the molecule is C[C@H](OC(=O)c1csc2c1CCCC2)C(=O)Nc1cccc(F)c1. The molecule has 0 saturated carbocycles. The van der Waals surface area contributed by atoms with Crippen molar-refractivity contribution in [3.8, 4) is 0 Å². The second kappa shape index (κ2) is 7.13. The van der Waals surface area contributed by atoms with Gasteiger partial charge in [-0.15, -0.1) is 11.3 Å². The monoisotopic (exact) mass is 347 g/mol. The summed E-state index contributed by atoms with van der Waals surface area (Å²) in [4.78, 5) is 25.7. The molecule has 0 radical (unpaired) electrons. The molecule has 1 atom stereocenters. The van der Waals surface area contributed by atoms with Gasteiger partial charge < -0.3 is 10.1 Å². The first-order chi connectivity index (χ1) is 11.5. The molecule has 0 bridgehead atoms. The maximum Gasteiger partial charge on any atom is 0.340 e. The zero-order valence-corrected chi connectivity index (χ0v) is 14.1. The van der Waals surface area contributed by atoms with E-state index in [4.69, 9.17) is 4.74 Å². The van der Waals surface area contributed by atoms with Gasteiger partial charge in [-0.2, -0.15) is 0 Å². The number of anilines is 1. The molecule has 4 nitrogen and oxygen atoms in total. The highest BCUT2D eigenvalue weighted by Crippen LogP contribution is 2.30. The molecule has 0 unspecified atom stereocenters. The van der Waals surface area contributed by atoms with Gasteiger partial charge in [0.25, 0.3) is 5.91 Å². The average molecular weight is 347 g/mol. The van der Waals surface area contributed by atoms with Crippen molar-refractivity contribution in [3.05, 3.63) is 51.5 Å². The van der Waals surface area contributed by atoms with E-state index in [9.17, 15) is 14.0 Å². The van der Waals surface area contributed by atoms with Crippen LogP contribution in [0.3, 0.4) is 0 Å². The summed E-state index contributed by atoms with van der Waals surface area (Å²) >= 11 is 1.58. The lowest BCUT2D eigenvalue weighted by Gasteiger charge is -2.15. The molecule has 1 amide bonds. The van der Waals surface area contributed by atoms with Crippen LogP contribution < -0.4 is 5.32 Å². The number of ether oxygens (including phenoxy) is 1. The Bertz CT molecular complexity index is 771. The first-order valence-corrected chi connectivity index (χ1v) is 8.79. The summed E-state index contributed by atoms with van der Waals surface area (Å²) in [5.74, 6) is -1.41. The van der Waals surface area contributed by atoms with Crippen LogP contribution in [0.2, 0.25) is 0 Å². The van der Waals surface area contributed by atoms with Gasteiger partial charge in [0.05, 0.1) is 5.56 Å². The third-order valence-corrected chi connectivity index (χ3v) is 5.12. The average Bonchev–Trinajstić information content (AvgIpc) is 2.99. The molecule has 1 aliphatic rings. The number of amides is 1. The number of halogens is 1. The van der Waals surface area contributed by atoms with Gasteiger partial charge in [0.15, 0.2) is 6.10 Å². The molecular formula is C18H18FNO3S. The summed E-state index contributed by atoms with van der Waals surface area (Å²) < 4.78 is 18.4. The lowest BCUT2D eigenvalue weighted by molar-refractivity contribution is -0.123. The largest absolute Gasteiger partial charge is 0.449 e. The van der Waals surface area contributed by atoms with Crippen LogP contribution in [0.4, 0.5) is 10.1 Å². The van der Waals surface area contributed by atoms with Gasteiger partial charge in [-0.25, -0.2) is 9.18 Å². The van der Waals surface area contributed by atoms with Crippen molar-refractivity contribution < 1.29 is 18.7 Å². The number of carbonyl (C=O) groups excluding carboxylic acids is 2. The predicted molar refractivity (Wildman–Crippen MR) is 90.9 cm³/mol. The molecule has 6 heteroatoms. The molecule has 1 aromatic heterocycles. The van der Waals surface area contributed by atoms with Crippen LogP contribution in [-0.2, 0) is 22.4 Å². The molecule has 126 valence electrons. The summed E-state index contributed by atoms with van der Waals surface area (Å²) in [5, 5.41) is 4.36. The van der Waals surface area contributed by atoms with Crippen molar-refractivity contribution in [2.45, 2.75) is 38.7 Å². The topological polar surface area (TPSA) is 55.4 Å². The smallest absolute Gasteiger partial charge is 0.340 e.